The van der Waals surface area contributed by atoms with Gasteiger partial charge in [0.15, 0.2) is 5.96 Å². The second-order valence-electron chi connectivity index (χ2n) is 5.63. The molecule has 27 heavy (non-hydrogen) atoms. The number of halogens is 2. The SMILES string of the molecule is CN=C(NCc1nc(-c2ccc(Cl)cc2)no1)N(C)Cc1csc(C)n1.I. The summed E-state index contributed by atoms with van der Waals surface area (Å²) in [5.74, 6) is 1.73. The molecule has 1 N–H and O–H groups in total. The van der Waals surface area contributed by atoms with Crippen molar-refractivity contribution < 1.29 is 4.52 Å². The van der Waals surface area contributed by atoms with E-state index in [0.717, 1.165) is 22.2 Å². The van der Waals surface area contributed by atoms with E-state index in [9.17, 15) is 0 Å². The van der Waals surface area contributed by atoms with Crippen molar-refractivity contribution in [3.63, 3.8) is 0 Å². The first-order chi connectivity index (χ1) is 12.5. The number of aliphatic imine (C=N–C) groups is 1. The highest BCUT2D eigenvalue weighted by Crippen LogP contribution is 2.18. The Morgan fingerprint density at radius 3 is 2.67 bits per heavy atom. The summed E-state index contributed by atoms with van der Waals surface area (Å²) in [7, 11) is 3.69. The molecule has 0 saturated heterocycles. The van der Waals surface area contributed by atoms with E-state index >= 15 is 0 Å². The highest BCUT2D eigenvalue weighted by molar-refractivity contribution is 14.0. The molecule has 7 nitrogen and oxygen atoms in total. The topological polar surface area (TPSA) is 79.4 Å². The lowest BCUT2D eigenvalue weighted by Gasteiger charge is -2.20. The molecule has 0 fully saturated rings. The fourth-order valence-electron chi connectivity index (χ4n) is 2.38. The van der Waals surface area contributed by atoms with Gasteiger partial charge in [0.2, 0.25) is 11.7 Å². The molecule has 0 spiro atoms. The van der Waals surface area contributed by atoms with E-state index in [1.54, 1.807) is 30.5 Å². The normalized spacial score (nSPS) is 11.2. The van der Waals surface area contributed by atoms with Gasteiger partial charge >= 0.3 is 0 Å². The van der Waals surface area contributed by atoms with Crippen molar-refractivity contribution in [3.05, 3.63) is 51.3 Å². The van der Waals surface area contributed by atoms with E-state index < -0.39 is 0 Å². The maximum absolute atomic E-state index is 5.90. The van der Waals surface area contributed by atoms with Crippen LogP contribution in [0.1, 0.15) is 16.6 Å². The lowest BCUT2D eigenvalue weighted by atomic mass is 10.2. The largest absolute Gasteiger partial charge is 0.347 e. The first kappa shape index (κ1) is 21.6. The summed E-state index contributed by atoms with van der Waals surface area (Å²) in [6.07, 6.45) is 0. The molecule has 0 aliphatic carbocycles. The Labute approximate surface area is 183 Å². The van der Waals surface area contributed by atoms with Crippen molar-refractivity contribution in [2.75, 3.05) is 14.1 Å². The third-order valence-electron chi connectivity index (χ3n) is 3.61. The molecule has 2 heterocycles. The van der Waals surface area contributed by atoms with Crippen LogP contribution in [0, 0.1) is 6.92 Å². The van der Waals surface area contributed by atoms with Gasteiger partial charge < -0.3 is 14.7 Å². The number of hydrogen-bond acceptors (Lipinski definition) is 6. The predicted molar refractivity (Wildman–Crippen MR) is 119 cm³/mol. The zero-order chi connectivity index (χ0) is 18.5. The molecule has 10 heteroatoms. The summed E-state index contributed by atoms with van der Waals surface area (Å²) in [5, 5.41) is 11.0. The van der Waals surface area contributed by atoms with Gasteiger partial charge in [0.25, 0.3) is 0 Å². The van der Waals surface area contributed by atoms with Gasteiger partial charge in [-0.25, -0.2) is 4.98 Å². The molecule has 3 aromatic rings. The molecule has 0 radical (unpaired) electrons. The van der Waals surface area contributed by atoms with Gasteiger partial charge in [0.1, 0.15) is 0 Å². The van der Waals surface area contributed by atoms with Gasteiger partial charge in [-0.2, -0.15) is 4.98 Å². The number of nitrogens with zero attached hydrogens (tertiary/aromatic N) is 5. The van der Waals surface area contributed by atoms with Gasteiger partial charge in [0.05, 0.1) is 23.8 Å². The van der Waals surface area contributed by atoms with E-state index in [-0.39, 0.29) is 24.0 Å². The number of hydrogen-bond donors (Lipinski definition) is 1. The number of aryl methyl sites for hydroxylation is 1. The van der Waals surface area contributed by atoms with Crippen LogP contribution in [0.2, 0.25) is 5.02 Å². The molecule has 0 bridgehead atoms. The zero-order valence-electron chi connectivity index (χ0n) is 15.1. The van der Waals surface area contributed by atoms with E-state index in [4.69, 9.17) is 16.1 Å². The highest BCUT2D eigenvalue weighted by atomic mass is 127. The van der Waals surface area contributed by atoms with Crippen LogP contribution in [-0.4, -0.2) is 40.1 Å². The van der Waals surface area contributed by atoms with Gasteiger partial charge in [-0.05, 0) is 31.2 Å². The van der Waals surface area contributed by atoms with Gasteiger partial charge in [-0.3, -0.25) is 4.99 Å². The minimum atomic E-state index is 0. The Hall–Kier alpha value is -1.72. The second kappa shape index (κ2) is 10.00. The maximum atomic E-state index is 5.90. The number of guanidine groups is 1. The van der Waals surface area contributed by atoms with Crippen molar-refractivity contribution in [1.82, 2.24) is 25.3 Å². The molecule has 1 aromatic carbocycles. The molecule has 144 valence electrons. The summed E-state index contributed by atoms with van der Waals surface area (Å²) in [4.78, 5) is 15.1. The Balaban J connectivity index is 0.00000261. The number of nitrogens with one attached hydrogen (secondary N) is 1. The number of aromatic nitrogens is 3. The third-order valence-corrected chi connectivity index (χ3v) is 4.68. The van der Waals surface area contributed by atoms with E-state index in [0.29, 0.717) is 29.8 Å². The summed E-state index contributed by atoms with van der Waals surface area (Å²) < 4.78 is 5.30. The minimum Gasteiger partial charge on any atom is -0.347 e. The summed E-state index contributed by atoms with van der Waals surface area (Å²) in [5.41, 5.74) is 1.87. The summed E-state index contributed by atoms with van der Waals surface area (Å²) in [6.45, 7) is 3.05. The van der Waals surface area contributed by atoms with Crippen molar-refractivity contribution in [2.24, 2.45) is 4.99 Å². The number of thiazole rings is 1. The highest BCUT2D eigenvalue weighted by Gasteiger charge is 2.12. The Kier molecular flexibility index (Phi) is 7.99. The maximum Gasteiger partial charge on any atom is 0.246 e. The molecular weight excluding hydrogens is 499 g/mol. The summed E-state index contributed by atoms with van der Waals surface area (Å²) >= 11 is 7.54. The first-order valence-corrected chi connectivity index (χ1v) is 9.22. The van der Waals surface area contributed by atoms with Crippen LogP contribution in [0.4, 0.5) is 0 Å². The van der Waals surface area contributed by atoms with Crippen LogP contribution in [0.15, 0.2) is 39.2 Å². The average Bonchev–Trinajstić information content (AvgIpc) is 3.25. The van der Waals surface area contributed by atoms with Crippen LogP contribution < -0.4 is 5.32 Å². The zero-order valence-corrected chi connectivity index (χ0v) is 19.0. The van der Waals surface area contributed by atoms with Crippen molar-refractivity contribution in [2.45, 2.75) is 20.0 Å². The fourth-order valence-corrected chi connectivity index (χ4v) is 3.11. The molecule has 0 aliphatic rings. The standard InChI is InChI=1S/C17H19ClN6OS.HI/c1-11-21-14(10-26-11)9-24(3)17(19-2)20-8-15-22-16(23-25-15)12-4-6-13(18)7-5-12;/h4-7,10H,8-9H2,1-3H3,(H,19,20);1H. The smallest absolute Gasteiger partial charge is 0.246 e. The Morgan fingerprint density at radius 2 is 2.04 bits per heavy atom. The molecule has 0 amide bonds. The quantitative estimate of drug-likeness (QED) is 0.313. The van der Waals surface area contributed by atoms with Crippen LogP contribution in [-0.2, 0) is 13.1 Å². The molecule has 3 rings (SSSR count). The summed E-state index contributed by atoms with van der Waals surface area (Å²) in [6, 6.07) is 7.30. The van der Waals surface area contributed by atoms with E-state index in [1.807, 2.05) is 31.0 Å². The lowest BCUT2D eigenvalue weighted by molar-refractivity contribution is 0.371. The predicted octanol–water partition coefficient (Wildman–Crippen LogP) is 3.98. The molecule has 0 saturated carbocycles. The van der Waals surface area contributed by atoms with Crippen molar-refractivity contribution in [3.8, 4) is 11.4 Å². The fraction of sp³-hybridized carbons (Fsp3) is 0.294. The van der Waals surface area contributed by atoms with Crippen LogP contribution >= 0.6 is 46.9 Å². The van der Waals surface area contributed by atoms with Crippen LogP contribution in [0.3, 0.4) is 0 Å². The van der Waals surface area contributed by atoms with Gasteiger partial charge in [-0.1, -0.05) is 16.8 Å². The lowest BCUT2D eigenvalue weighted by Crippen LogP contribution is -2.38. The number of rotatable bonds is 5. The van der Waals surface area contributed by atoms with Crippen molar-refractivity contribution in [1.29, 1.82) is 0 Å². The third kappa shape index (κ3) is 5.88. The van der Waals surface area contributed by atoms with Crippen LogP contribution in [0.25, 0.3) is 11.4 Å². The molecule has 2 aromatic heterocycles. The molecular formula is C17H20ClIN6OS. The van der Waals surface area contributed by atoms with E-state index in [1.165, 1.54) is 0 Å². The Morgan fingerprint density at radius 1 is 1.30 bits per heavy atom. The molecule has 0 atom stereocenters. The minimum absolute atomic E-state index is 0. The second-order valence-corrected chi connectivity index (χ2v) is 7.13. The first-order valence-electron chi connectivity index (χ1n) is 7.96. The average molecular weight is 519 g/mol. The van der Waals surface area contributed by atoms with Gasteiger partial charge in [0, 0.05) is 30.1 Å². The molecule has 0 unspecified atom stereocenters. The van der Waals surface area contributed by atoms with E-state index in [2.05, 4.69) is 30.8 Å². The van der Waals surface area contributed by atoms with Crippen molar-refractivity contribution >= 4 is 52.9 Å². The Bertz CT molecular complexity index is 895. The number of benzene rings is 1. The monoisotopic (exact) mass is 518 g/mol. The molecule has 0 aliphatic heterocycles. The van der Waals surface area contributed by atoms with Crippen LogP contribution in [0.5, 0.6) is 0 Å². The van der Waals surface area contributed by atoms with Gasteiger partial charge in [-0.15, -0.1) is 35.3 Å².